The highest BCUT2D eigenvalue weighted by molar-refractivity contribution is 7.80. The van der Waals surface area contributed by atoms with Crippen molar-refractivity contribution in [1.29, 1.82) is 0 Å². The van der Waals surface area contributed by atoms with E-state index in [-0.39, 0.29) is 5.11 Å². The van der Waals surface area contributed by atoms with Crippen LogP contribution in [0.25, 0.3) is 0 Å². The van der Waals surface area contributed by atoms with E-state index in [2.05, 4.69) is 43.5 Å². The Labute approximate surface area is 79.4 Å². The molecular weight excluding hydrogens is 170 g/mol. The molecule has 12 heavy (non-hydrogen) atoms. The van der Waals surface area contributed by atoms with Gasteiger partial charge in [0.05, 0.1) is 0 Å². The Bertz CT molecular complexity index is 166. The van der Waals surface area contributed by atoms with Gasteiger partial charge in [-0.2, -0.15) is 5.10 Å². The number of nitrogens with one attached hydrogen (secondary N) is 1. The van der Waals surface area contributed by atoms with Gasteiger partial charge in [-0.1, -0.05) is 20.8 Å². The van der Waals surface area contributed by atoms with Gasteiger partial charge in [-0.25, -0.2) is 0 Å². The first-order valence-electron chi connectivity index (χ1n) is 4.11. The number of hydrogen-bond acceptors (Lipinski definition) is 2. The van der Waals surface area contributed by atoms with Gasteiger partial charge in [-0.15, -0.1) is 0 Å². The number of thiocarbonyl (C=S) groups is 1. The van der Waals surface area contributed by atoms with Crippen molar-refractivity contribution in [2.75, 3.05) is 0 Å². The molecule has 0 aliphatic heterocycles. The van der Waals surface area contributed by atoms with Crippen LogP contribution < -0.4 is 11.2 Å². The summed E-state index contributed by atoms with van der Waals surface area (Å²) >= 11 is 4.59. The Morgan fingerprint density at radius 3 is 2.58 bits per heavy atom. The molecule has 4 heteroatoms. The standard InChI is InChI=1S/C8H17N3S/c1-6(2)4-7(3)5-10-11-8(9)12/h5-7H,4H2,1-3H3,(H3,9,11,12)/b10-5+. The van der Waals surface area contributed by atoms with Crippen molar-refractivity contribution >= 4 is 23.5 Å². The molecule has 0 aromatic carbocycles. The fraction of sp³-hybridized carbons (Fsp3) is 0.750. The minimum atomic E-state index is 0.211. The van der Waals surface area contributed by atoms with Crippen molar-refractivity contribution in [3.8, 4) is 0 Å². The highest BCUT2D eigenvalue weighted by Crippen LogP contribution is 2.07. The SMILES string of the molecule is CC(C)CC(C)/C=N/NC(N)=S. The van der Waals surface area contributed by atoms with Gasteiger partial charge >= 0.3 is 0 Å². The summed E-state index contributed by atoms with van der Waals surface area (Å²) in [5.74, 6) is 1.16. The van der Waals surface area contributed by atoms with E-state index in [1.165, 1.54) is 0 Å². The molecular formula is C8H17N3S. The highest BCUT2D eigenvalue weighted by atomic mass is 32.1. The largest absolute Gasteiger partial charge is 0.375 e. The normalized spacial score (nSPS) is 13.7. The van der Waals surface area contributed by atoms with Gasteiger partial charge in [0.15, 0.2) is 5.11 Å². The molecule has 0 saturated carbocycles. The molecule has 0 radical (unpaired) electrons. The highest BCUT2D eigenvalue weighted by Gasteiger charge is 2.00. The number of nitrogens with zero attached hydrogens (tertiary/aromatic N) is 1. The third kappa shape index (κ3) is 7.47. The molecule has 0 aromatic heterocycles. The Balaban J connectivity index is 3.60. The summed E-state index contributed by atoms with van der Waals surface area (Å²) in [6.07, 6.45) is 2.96. The molecule has 0 saturated heterocycles. The van der Waals surface area contributed by atoms with Crippen LogP contribution in [0.5, 0.6) is 0 Å². The second-order valence-electron chi connectivity index (χ2n) is 3.36. The number of hydrogen-bond donors (Lipinski definition) is 2. The van der Waals surface area contributed by atoms with Crippen molar-refractivity contribution in [3.05, 3.63) is 0 Å². The molecule has 0 amide bonds. The van der Waals surface area contributed by atoms with Crippen molar-refractivity contribution in [1.82, 2.24) is 5.43 Å². The molecule has 1 unspecified atom stereocenters. The molecule has 3 N–H and O–H groups in total. The quantitative estimate of drug-likeness (QED) is 0.398. The first-order valence-corrected chi connectivity index (χ1v) is 4.51. The van der Waals surface area contributed by atoms with Crippen LogP contribution >= 0.6 is 12.2 Å². The molecule has 3 nitrogen and oxygen atoms in total. The lowest BCUT2D eigenvalue weighted by Crippen LogP contribution is -2.24. The summed E-state index contributed by atoms with van der Waals surface area (Å²) in [5, 5.41) is 4.09. The van der Waals surface area contributed by atoms with E-state index in [1.807, 2.05) is 6.21 Å². The third-order valence-corrected chi connectivity index (χ3v) is 1.44. The molecule has 0 spiro atoms. The molecule has 0 aromatic rings. The predicted molar refractivity (Wildman–Crippen MR) is 57.0 cm³/mol. The van der Waals surface area contributed by atoms with Crippen molar-refractivity contribution in [2.24, 2.45) is 22.7 Å². The molecule has 0 heterocycles. The van der Waals surface area contributed by atoms with Crippen molar-refractivity contribution in [2.45, 2.75) is 27.2 Å². The van der Waals surface area contributed by atoms with Crippen molar-refractivity contribution in [3.63, 3.8) is 0 Å². The lowest BCUT2D eigenvalue weighted by atomic mass is 10.0. The summed E-state index contributed by atoms with van der Waals surface area (Å²) in [6, 6.07) is 0. The first kappa shape index (κ1) is 11.4. The third-order valence-electron chi connectivity index (χ3n) is 1.35. The van der Waals surface area contributed by atoms with Crippen LogP contribution in [0.3, 0.4) is 0 Å². The number of nitrogens with two attached hydrogens (primary N) is 1. The molecule has 0 fully saturated rings. The van der Waals surface area contributed by atoms with Crippen LogP contribution in [0.2, 0.25) is 0 Å². The minimum Gasteiger partial charge on any atom is -0.375 e. The number of rotatable bonds is 4. The topological polar surface area (TPSA) is 50.4 Å². The van der Waals surface area contributed by atoms with Crippen LogP contribution in [-0.4, -0.2) is 11.3 Å². The summed E-state index contributed by atoms with van der Waals surface area (Å²) < 4.78 is 0. The van der Waals surface area contributed by atoms with E-state index in [0.717, 1.165) is 6.42 Å². The maximum Gasteiger partial charge on any atom is 0.184 e. The van der Waals surface area contributed by atoms with Gasteiger partial charge in [0.1, 0.15) is 0 Å². The summed E-state index contributed by atoms with van der Waals surface area (Å²) in [6.45, 7) is 6.49. The Kier molecular flexibility index (Phi) is 5.62. The Morgan fingerprint density at radius 2 is 2.17 bits per heavy atom. The number of hydrazone groups is 1. The van der Waals surface area contributed by atoms with Crippen LogP contribution in [0.15, 0.2) is 5.10 Å². The average Bonchev–Trinajstić information content (AvgIpc) is 1.84. The fourth-order valence-electron chi connectivity index (χ4n) is 1.03. The zero-order valence-corrected chi connectivity index (χ0v) is 8.69. The van der Waals surface area contributed by atoms with Gasteiger partial charge < -0.3 is 5.73 Å². The van der Waals surface area contributed by atoms with E-state index in [9.17, 15) is 0 Å². The van der Waals surface area contributed by atoms with Gasteiger partial charge in [-0.05, 0) is 30.5 Å². The van der Waals surface area contributed by atoms with E-state index in [4.69, 9.17) is 5.73 Å². The molecule has 0 bridgehead atoms. The van der Waals surface area contributed by atoms with E-state index < -0.39 is 0 Å². The van der Waals surface area contributed by atoms with Crippen LogP contribution in [-0.2, 0) is 0 Å². The summed E-state index contributed by atoms with van der Waals surface area (Å²) in [4.78, 5) is 0. The minimum absolute atomic E-state index is 0.211. The average molecular weight is 187 g/mol. The van der Waals surface area contributed by atoms with Crippen molar-refractivity contribution < 1.29 is 0 Å². The molecule has 0 aliphatic carbocycles. The molecule has 0 aliphatic rings. The summed E-state index contributed by atoms with van der Waals surface area (Å²) in [5.41, 5.74) is 7.71. The maximum absolute atomic E-state index is 5.19. The van der Waals surface area contributed by atoms with Gasteiger partial charge in [0.2, 0.25) is 0 Å². The van der Waals surface area contributed by atoms with Gasteiger partial charge in [0.25, 0.3) is 0 Å². The van der Waals surface area contributed by atoms with E-state index in [1.54, 1.807) is 0 Å². The monoisotopic (exact) mass is 187 g/mol. The Morgan fingerprint density at radius 1 is 1.58 bits per heavy atom. The smallest absolute Gasteiger partial charge is 0.184 e. The van der Waals surface area contributed by atoms with E-state index >= 15 is 0 Å². The van der Waals surface area contributed by atoms with Crippen LogP contribution in [0.4, 0.5) is 0 Å². The van der Waals surface area contributed by atoms with Crippen LogP contribution in [0.1, 0.15) is 27.2 Å². The second kappa shape index (κ2) is 5.94. The lowest BCUT2D eigenvalue weighted by molar-refractivity contribution is 0.526. The van der Waals surface area contributed by atoms with Crippen LogP contribution in [0, 0.1) is 11.8 Å². The maximum atomic E-state index is 5.19. The molecule has 0 rings (SSSR count). The first-order chi connectivity index (χ1) is 5.52. The fourth-order valence-corrected chi connectivity index (χ4v) is 1.09. The van der Waals surface area contributed by atoms with E-state index in [0.29, 0.717) is 11.8 Å². The zero-order valence-electron chi connectivity index (χ0n) is 7.87. The molecule has 1 atom stereocenters. The van der Waals surface area contributed by atoms with Gasteiger partial charge in [0, 0.05) is 6.21 Å². The zero-order chi connectivity index (χ0) is 9.56. The van der Waals surface area contributed by atoms with Gasteiger partial charge in [-0.3, -0.25) is 5.43 Å². The predicted octanol–water partition coefficient (Wildman–Crippen LogP) is 1.49. The lowest BCUT2D eigenvalue weighted by Gasteiger charge is -2.07. The molecule has 70 valence electrons. The second-order valence-corrected chi connectivity index (χ2v) is 3.80. The summed E-state index contributed by atoms with van der Waals surface area (Å²) in [7, 11) is 0. The Hall–Kier alpha value is -0.640.